The molecule has 1 heterocycles. The number of amides is 1. The van der Waals surface area contributed by atoms with Crippen molar-refractivity contribution in [1.82, 2.24) is 10.2 Å². The van der Waals surface area contributed by atoms with Gasteiger partial charge in [-0.05, 0) is 29.3 Å². The summed E-state index contributed by atoms with van der Waals surface area (Å²) in [6.07, 6.45) is 3.12. The largest absolute Gasteiger partial charge is 0.493 e. The molecule has 3 rings (SSSR count). The second-order valence-corrected chi connectivity index (χ2v) is 6.38. The highest BCUT2D eigenvalue weighted by Gasteiger charge is 2.13. The van der Waals surface area contributed by atoms with Crippen molar-refractivity contribution in [2.45, 2.75) is 0 Å². The van der Waals surface area contributed by atoms with E-state index in [2.05, 4.69) is 10.2 Å². The number of methoxy groups -OCH3 is 2. The fourth-order valence-corrected chi connectivity index (χ4v) is 2.97. The van der Waals surface area contributed by atoms with E-state index in [-0.39, 0.29) is 5.91 Å². The topological polar surface area (TPSA) is 67.5 Å². The molecule has 0 aliphatic heterocycles. The monoisotopic (exact) mass is 397 g/mol. The summed E-state index contributed by atoms with van der Waals surface area (Å²) in [5, 5.41) is 7.58. The number of carbonyl (C=O) groups is 1. The Hall–Kier alpha value is -3.25. The zero-order valence-electron chi connectivity index (χ0n) is 15.8. The number of likely N-dealkylation sites (N-methyl/N-ethyl adjacent to an activating group) is 1. The minimum atomic E-state index is -0.225. The minimum absolute atomic E-state index is 0.225. The van der Waals surface area contributed by atoms with Crippen LogP contribution in [0.1, 0.15) is 5.56 Å². The first-order valence-electron chi connectivity index (χ1n) is 8.51. The molecule has 1 amide bonds. The molecule has 0 radical (unpaired) electrons. The molecule has 6 nitrogen and oxygen atoms in total. The van der Waals surface area contributed by atoms with Gasteiger partial charge < -0.3 is 9.47 Å². The van der Waals surface area contributed by atoms with Crippen LogP contribution in [0.5, 0.6) is 11.5 Å². The van der Waals surface area contributed by atoms with Gasteiger partial charge in [-0.15, -0.1) is 0 Å². The fourth-order valence-electron chi connectivity index (χ4n) is 2.67. The number of anilines is 1. The highest BCUT2D eigenvalue weighted by atomic mass is 35.5. The maximum absolute atomic E-state index is 12.5. The summed E-state index contributed by atoms with van der Waals surface area (Å²) >= 11 is 6.20. The molecule has 0 saturated heterocycles. The molecule has 0 atom stereocenters. The van der Waals surface area contributed by atoms with E-state index in [0.29, 0.717) is 22.3 Å². The Bertz CT molecular complexity index is 999. The lowest BCUT2D eigenvalue weighted by atomic mass is 10.1. The van der Waals surface area contributed by atoms with Gasteiger partial charge in [-0.25, -0.2) is 0 Å². The molecule has 144 valence electrons. The smallest absolute Gasteiger partial charge is 0.251 e. The molecule has 0 unspecified atom stereocenters. The molecule has 3 aromatic rings. The fraction of sp³-hybridized carbons (Fsp3) is 0.143. The van der Waals surface area contributed by atoms with Crippen molar-refractivity contribution in [1.29, 1.82) is 0 Å². The summed E-state index contributed by atoms with van der Waals surface area (Å²) in [7, 11) is 4.72. The summed E-state index contributed by atoms with van der Waals surface area (Å²) in [6, 6.07) is 15.1. The molecule has 7 heteroatoms. The number of nitrogens with one attached hydrogen (secondary N) is 1. The Morgan fingerprint density at radius 1 is 1.14 bits per heavy atom. The van der Waals surface area contributed by atoms with Crippen molar-refractivity contribution in [2.75, 3.05) is 26.2 Å². The third-order valence-corrected chi connectivity index (χ3v) is 4.48. The number of H-pyrrole nitrogens is 1. The van der Waals surface area contributed by atoms with E-state index >= 15 is 0 Å². The van der Waals surface area contributed by atoms with E-state index in [1.54, 1.807) is 25.3 Å². The SMILES string of the molecule is COc1cc(/C=C\C(=O)N(C)c2cc(-c3ccccc3)[nH]n2)cc(Cl)c1OC. The molecule has 2 aromatic carbocycles. The lowest BCUT2D eigenvalue weighted by Crippen LogP contribution is -2.24. The molecule has 28 heavy (non-hydrogen) atoms. The van der Waals surface area contributed by atoms with Crippen LogP contribution in [-0.4, -0.2) is 37.4 Å². The number of hydrogen-bond acceptors (Lipinski definition) is 4. The molecule has 0 aliphatic rings. The van der Waals surface area contributed by atoms with E-state index < -0.39 is 0 Å². The summed E-state index contributed by atoms with van der Waals surface area (Å²) in [5.41, 5.74) is 2.56. The number of rotatable bonds is 6. The maximum Gasteiger partial charge on any atom is 0.251 e. The number of aromatic nitrogens is 2. The van der Waals surface area contributed by atoms with Crippen LogP contribution in [0.4, 0.5) is 5.82 Å². The van der Waals surface area contributed by atoms with Crippen molar-refractivity contribution in [3.8, 4) is 22.8 Å². The van der Waals surface area contributed by atoms with Gasteiger partial charge in [0.05, 0.1) is 24.9 Å². The number of halogens is 1. The minimum Gasteiger partial charge on any atom is -0.493 e. The zero-order valence-corrected chi connectivity index (χ0v) is 16.5. The van der Waals surface area contributed by atoms with E-state index in [1.165, 1.54) is 25.2 Å². The number of aromatic amines is 1. The van der Waals surface area contributed by atoms with Gasteiger partial charge in [-0.1, -0.05) is 41.9 Å². The molecular weight excluding hydrogens is 378 g/mol. The van der Waals surface area contributed by atoms with Gasteiger partial charge in [-0.3, -0.25) is 14.8 Å². The lowest BCUT2D eigenvalue weighted by molar-refractivity contribution is -0.113. The summed E-state index contributed by atoms with van der Waals surface area (Å²) in [6.45, 7) is 0. The quantitative estimate of drug-likeness (QED) is 0.625. The van der Waals surface area contributed by atoms with Gasteiger partial charge in [0.25, 0.3) is 5.91 Å². The Balaban J connectivity index is 1.76. The molecule has 0 saturated carbocycles. The van der Waals surface area contributed by atoms with E-state index in [1.807, 2.05) is 36.4 Å². The molecular formula is C21H20ClN3O3. The Kier molecular flexibility index (Phi) is 6.01. The maximum atomic E-state index is 12.5. The van der Waals surface area contributed by atoms with E-state index in [4.69, 9.17) is 21.1 Å². The van der Waals surface area contributed by atoms with Crippen molar-refractivity contribution in [2.24, 2.45) is 0 Å². The van der Waals surface area contributed by atoms with Gasteiger partial charge in [0.2, 0.25) is 0 Å². The average molecular weight is 398 g/mol. The van der Waals surface area contributed by atoms with Crippen molar-refractivity contribution < 1.29 is 14.3 Å². The van der Waals surface area contributed by atoms with Gasteiger partial charge in [0, 0.05) is 19.2 Å². The molecule has 0 fully saturated rings. The average Bonchev–Trinajstić information content (AvgIpc) is 3.21. The molecule has 0 spiro atoms. The highest BCUT2D eigenvalue weighted by molar-refractivity contribution is 6.32. The first-order valence-corrected chi connectivity index (χ1v) is 8.89. The number of ether oxygens (including phenoxy) is 2. The first-order chi connectivity index (χ1) is 13.5. The second-order valence-electron chi connectivity index (χ2n) is 5.97. The standard InChI is InChI=1S/C21H20ClN3O3/c1-25(19-13-17(23-24-19)15-7-5-4-6-8-15)20(26)10-9-14-11-16(22)21(28-3)18(12-14)27-2/h4-13H,1-3H3,(H,23,24)/b10-9-. The van der Waals surface area contributed by atoms with Crippen LogP contribution in [0, 0.1) is 0 Å². The summed E-state index contributed by atoms with van der Waals surface area (Å²) in [5.74, 6) is 1.25. The van der Waals surface area contributed by atoms with Crippen LogP contribution >= 0.6 is 11.6 Å². The van der Waals surface area contributed by atoms with Crippen LogP contribution in [0.3, 0.4) is 0 Å². The summed E-state index contributed by atoms with van der Waals surface area (Å²) < 4.78 is 10.5. The van der Waals surface area contributed by atoms with Gasteiger partial charge >= 0.3 is 0 Å². The third-order valence-electron chi connectivity index (χ3n) is 4.20. The number of carbonyl (C=O) groups excluding carboxylic acids is 1. The van der Waals surface area contributed by atoms with E-state index in [0.717, 1.165) is 16.8 Å². The normalized spacial score (nSPS) is 10.9. The molecule has 1 N–H and O–H groups in total. The number of hydrogen-bond donors (Lipinski definition) is 1. The van der Waals surface area contributed by atoms with Crippen molar-refractivity contribution >= 4 is 29.4 Å². The number of benzene rings is 2. The van der Waals surface area contributed by atoms with Crippen LogP contribution in [0.25, 0.3) is 17.3 Å². The van der Waals surface area contributed by atoms with Crippen molar-refractivity contribution in [3.63, 3.8) is 0 Å². The third kappa shape index (κ3) is 4.18. The molecule has 0 bridgehead atoms. The predicted octanol–water partition coefficient (Wildman–Crippen LogP) is 4.42. The van der Waals surface area contributed by atoms with Crippen LogP contribution < -0.4 is 14.4 Å². The highest BCUT2D eigenvalue weighted by Crippen LogP contribution is 2.36. The Morgan fingerprint density at radius 2 is 1.89 bits per heavy atom. The lowest BCUT2D eigenvalue weighted by Gasteiger charge is -2.12. The van der Waals surface area contributed by atoms with Crippen molar-refractivity contribution in [3.05, 3.63) is 65.2 Å². The van der Waals surface area contributed by atoms with Gasteiger partial charge in [-0.2, -0.15) is 5.10 Å². The predicted molar refractivity (Wildman–Crippen MR) is 111 cm³/mol. The molecule has 0 aliphatic carbocycles. The van der Waals surface area contributed by atoms with Gasteiger partial charge in [0.1, 0.15) is 0 Å². The number of nitrogens with zero attached hydrogens (tertiary/aromatic N) is 2. The zero-order chi connectivity index (χ0) is 20.1. The van der Waals surface area contributed by atoms with E-state index in [9.17, 15) is 4.79 Å². The van der Waals surface area contributed by atoms with Crippen LogP contribution in [0.15, 0.2) is 54.6 Å². The Labute approximate surface area is 168 Å². The Morgan fingerprint density at radius 3 is 2.57 bits per heavy atom. The second kappa shape index (κ2) is 8.63. The summed E-state index contributed by atoms with van der Waals surface area (Å²) in [4.78, 5) is 14.0. The first kappa shape index (κ1) is 19.5. The van der Waals surface area contributed by atoms with Gasteiger partial charge in [0.15, 0.2) is 17.3 Å². The van der Waals surface area contributed by atoms with Crippen LogP contribution in [-0.2, 0) is 4.79 Å². The molecule has 1 aromatic heterocycles. The van der Waals surface area contributed by atoms with Crippen LogP contribution in [0.2, 0.25) is 5.02 Å².